The number of aromatic nitrogens is 2. The lowest BCUT2D eigenvalue weighted by molar-refractivity contribution is 0.0707. The lowest BCUT2D eigenvalue weighted by atomic mass is 9.86. The maximum absolute atomic E-state index is 12.6. The van der Waals surface area contributed by atoms with E-state index < -0.39 is 0 Å². The van der Waals surface area contributed by atoms with Crippen LogP contribution in [0.1, 0.15) is 42.5 Å². The van der Waals surface area contributed by atoms with Crippen LogP contribution in [0.5, 0.6) is 0 Å². The molecular weight excluding hydrogens is 262 g/mol. The van der Waals surface area contributed by atoms with E-state index in [-0.39, 0.29) is 11.3 Å². The van der Waals surface area contributed by atoms with Crippen LogP contribution in [0.2, 0.25) is 0 Å². The highest BCUT2D eigenvalue weighted by molar-refractivity contribution is 5.94. The number of benzene rings is 1. The number of imidazole rings is 1. The molecule has 4 nitrogen and oxygen atoms in total. The highest BCUT2D eigenvalue weighted by Gasteiger charge is 2.22. The fourth-order valence-electron chi connectivity index (χ4n) is 2.64. The Labute approximate surface area is 125 Å². The van der Waals surface area contributed by atoms with Crippen molar-refractivity contribution < 1.29 is 4.79 Å². The van der Waals surface area contributed by atoms with Gasteiger partial charge in [0.25, 0.3) is 5.91 Å². The molecule has 0 saturated heterocycles. The number of carbonyl (C=O) groups is 1. The second-order valence-corrected chi connectivity index (χ2v) is 6.59. The molecular formula is C17H21N3O. The zero-order valence-electron chi connectivity index (χ0n) is 12.8. The van der Waals surface area contributed by atoms with E-state index in [0.29, 0.717) is 6.54 Å². The predicted octanol–water partition coefficient (Wildman–Crippen LogP) is 2.84. The molecule has 1 aliphatic rings. The van der Waals surface area contributed by atoms with Crippen LogP contribution in [0.4, 0.5) is 0 Å². The van der Waals surface area contributed by atoms with Gasteiger partial charge in [-0.3, -0.25) is 4.79 Å². The van der Waals surface area contributed by atoms with Crippen molar-refractivity contribution in [3.63, 3.8) is 0 Å². The van der Waals surface area contributed by atoms with Gasteiger partial charge in [0.15, 0.2) is 0 Å². The number of hydrogen-bond acceptors (Lipinski definition) is 2. The summed E-state index contributed by atoms with van der Waals surface area (Å²) in [7, 11) is 0. The Bertz CT molecular complexity index is 649. The van der Waals surface area contributed by atoms with Crippen molar-refractivity contribution in [3.8, 4) is 0 Å². The summed E-state index contributed by atoms with van der Waals surface area (Å²) < 4.78 is 2.10. The van der Waals surface area contributed by atoms with Gasteiger partial charge in [0, 0.05) is 31.0 Å². The minimum absolute atomic E-state index is 0.0877. The minimum Gasteiger partial charge on any atom is -0.332 e. The Balaban J connectivity index is 1.77. The van der Waals surface area contributed by atoms with Crippen molar-refractivity contribution in [3.05, 3.63) is 53.6 Å². The summed E-state index contributed by atoms with van der Waals surface area (Å²) in [5.74, 6) is 1.05. The van der Waals surface area contributed by atoms with E-state index in [1.165, 1.54) is 5.56 Å². The van der Waals surface area contributed by atoms with E-state index in [4.69, 9.17) is 0 Å². The zero-order chi connectivity index (χ0) is 15.0. The SMILES string of the molecule is CC(C)(C)c1ccc(C(=O)N2CCn3ccnc3C2)cc1. The van der Waals surface area contributed by atoms with Gasteiger partial charge in [0.05, 0.1) is 6.54 Å². The maximum atomic E-state index is 12.6. The smallest absolute Gasteiger partial charge is 0.254 e. The second kappa shape index (κ2) is 5.02. The molecule has 0 radical (unpaired) electrons. The summed E-state index contributed by atoms with van der Waals surface area (Å²) in [5.41, 5.74) is 2.11. The van der Waals surface area contributed by atoms with Gasteiger partial charge in [-0.25, -0.2) is 4.98 Å². The monoisotopic (exact) mass is 283 g/mol. The van der Waals surface area contributed by atoms with E-state index in [0.717, 1.165) is 24.5 Å². The fraction of sp³-hybridized carbons (Fsp3) is 0.412. The van der Waals surface area contributed by atoms with Crippen LogP contribution in [0.15, 0.2) is 36.7 Å². The molecule has 1 aromatic carbocycles. The van der Waals surface area contributed by atoms with E-state index in [1.807, 2.05) is 23.2 Å². The average molecular weight is 283 g/mol. The Kier molecular flexibility index (Phi) is 3.32. The van der Waals surface area contributed by atoms with Crippen LogP contribution >= 0.6 is 0 Å². The van der Waals surface area contributed by atoms with Crippen molar-refractivity contribution in [1.29, 1.82) is 0 Å². The fourth-order valence-corrected chi connectivity index (χ4v) is 2.64. The minimum atomic E-state index is 0.0877. The van der Waals surface area contributed by atoms with Gasteiger partial charge in [-0.2, -0.15) is 0 Å². The average Bonchev–Trinajstić information content (AvgIpc) is 2.93. The summed E-state index contributed by atoms with van der Waals surface area (Å²) in [5, 5.41) is 0. The Hall–Kier alpha value is -2.10. The summed E-state index contributed by atoms with van der Waals surface area (Å²) in [6.45, 7) is 8.67. The number of fused-ring (bicyclic) bond motifs is 1. The number of amides is 1. The summed E-state index contributed by atoms with van der Waals surface area (Å²) >= 11 is 0. The van der Waals surface area contributed by atoms with Crippen LogP contribution in [-0.2, 0) is 18.5 Å². The quantitative estimate of drug-likeness (QED) is 0.807. The molecule has 1 aliphatic heterocycles. The molecule has 1 amide bonds. The highest BCUT2D eigenvalue weighted by atomic mass is 16.2. The first-order valence-corrected chi connectivity index (χ1v) is 7.35. The Morgan fingerprint density at radius 1 is 1.14 bits per heavy atom. The van der Waals surface area contributed by atoms with Gasteiger partial charge in [0.2, 0.25) is 0 Å². The zero-order valence-corrected chi connectivity index (χ0v) is 12.8. The lowest BCUT2D eigenvalue weighted by Gasteiger charge is -2.28. The molecule has 0 unspecified atom stereocenters. The normalized spacial score (nSPS) is 14.9. The molecule has 2 aromatic rings. The molecule has 0 fully saturated rings. The maximum Gasteiger partial charge on any atom is 0.254 e. The van der Waals surface area contributed by atoms with Crippen LogP contribution < -0.4 is 0 Å². The Morgan fingerprint density at radius 2 is 1.86 bits per heavy atom. The number of nitrogens with zero attached hydrogens (tertiary/aromatic N) is 3. The Morgan fingerprint density at radius 3 is 2.52 bits per heavy atom. The van der Waals surface area contributed by atoms with Gasteiger partial charge < -0.3 is 9.47 Å². The molecule has 0 aliphatic carbocycles. The number of carbonyl (C=O) groups excluding carboxylic acids is 1. The third-order valence-corrected chi connectivity index (χ3v) is 4.03. The van der Waals surface area contributed by atoms with E-state index in [1.54, 1.807) is 6.20 Å². The van der Waals surface area contributed by atoms with Crippen molar-refractivity contribution >= 4 is 5.91 Å². The van der Waals surface area contributed by atoms with Crippen LogP contribution in [0.3, 0.4) is 0 Å². The molecule has 110 valence electrons. The first-order valence-electron chi connectivity index (χ1n) is 7.35. The summed E-state index contributed by atoms with van der Waals surface area (Å²) in [6, 6.07) is 7.98. The van der Waals surface area contributed by atoms with Gasteiger partial charge >= 0.3 is 0 Å². The molecule has 21 heavy (non-hydrogen) atoms. The lowest BCUT2D eigenvalue weighted by Crippen LogP contribution is -2.38. The molecule has 0 bridgehead atoms. The van der Waals surface area contributed by atoms with Crippen molar-refractivity contribution in [2.24, 2.45) is 0 Å². The van der Waals surface area contributed by atoms with E-state index in [2.05, 4.69) is 42.5 Å². The van der Waals surface area contributed by atoms with Crippen LogP contribution in [0, 0.1) is 0 Å². The molecule has 0 spiro atoms. The standard InChI is InChI=1S/C17H21N3O/c1-17(2,3)14-6-4-13(5-7-14)16(21)20-11-10-19-9-8-18-15(19)12-20/h4-9H,10-12H2,1-3H3. The molecule has 0 N–H and O–H groups in total. The van der Waals surface area contributed by atoms with Crippen LogP contribution in [0.25, 0.3) is 0 Å². The van der Waals surface area contributed by atoms with Crippen LogP contribution in [-0.4, -0.2) is 26.9 Å². The third kappa shape index (κ3) is 2.71. The third-order valence-electron chi connectivity index (χ3n) is 4.03. The topological polar surface area (TPSA) is 38.1 Å². The van der Waals surface area contributed by atoms with Crippen molar-refractivity contribution in [2.75, 3.05) is 6.54 Å². The molecule has 3 rings (SSSR count). The van der Waals surface area contributed by atoms with Crippen molar-refractivity contribution in [1.82, 2.24) is 14.5 Å². The first-order chi connectivity index (χ1) is 9.95. The van der Waals surface area contributed by atoms with Gasteiger partial charge in [0.1, 0.15) is 5.82 Å². The van der Waals surface area contributed by atoms with Gasteiger partial charge in [-0.1, -0.05) is 32.9 Å². The predicted molar refractivity (Wildman–Crippen MR) is 82.1 cm³/mol. The summed E-state index contributed by atoms with van der Waals surface area (Å²) in [6.07, 6.45) is 3.76. The second-order valence-electron chi connectivity index (χ2n) is 6.59. The van der Waals surface area contributed by atoms with Crippen molar-refractivity contribution in [2.45, 2.75) is 39.3 Å². The molecule has 0 saturated carbocycles. The highest BCUT2D eigenvalue weighted by Crippen LogP contribution is 2.23. The first kappa shape index (κ1) is 13.9. The van der Waals surface area contributed by atoms with Gasteiger partial charge in [-0.05, 0) is 23.1 Å². The number of rotatable bonds is 1. The van der Waals surface area contributed by atoms with E-state index in [9.17, 15) is 4.79 Å². The van der Waals surface area contributed by atoms with Gasteiger partial charge in [-0.15, -0.1) is 0 Å². The molecule has 4 heteroatoms. The summed E-state index contributed by atoms with van der Waals surface area (Å²) in [4.78, 5) is 18.7. The number of hydrogen-bond donors (Lipinski definition) is 0. The molecule has 1 aromatic heterocycles. The largest absolute Gasteiger partial charge is 0.332 e. The van der Waals surface area contributed by atoms with E-state index >= 15 is 0 Å². The molecule has 2 heterocycles. The molecule has 0 atom stereocenters.